The Bertz CT molecular complexity index is 601. The third-order valence-electron chi connectivity index (χ3n) is 3.24. The Morgan fingerprint density at radius 1 is 1.14 bits per heavy atom. The highest BCUT2D eigenvalue weighted by Crippen LogP contribution is 2.22. The smallest absolute Gasteiger partial charge is 0.131 e. The van der Waals surface area contributed by atoms with Crippen molar-refractivity contribution in [3.63, 3.8) is 0 Å². The molecule has 2 nitrogen and oxygen atoms in total. The second-order valence-corrected chi connectivity index (χ2v) is 4.88. The van der Waals surface area contributed by atoms with Gasteiger partial charge in [-0.05, 0) is 37.2 Å². The van der Waals surface area contributed by atoms with E-state index in [9.17, 15) is 8.78 Å². The fraction of sp³-hybridized carbons (Fsp3) is 0.294. The summed E-state index contributed by atoms with van der Waals surface area (Å²) in [4.78, 5) is 0. The van der Waals surface area contributed by atoms with Gasteiger partial charge in [-0.15, -0.1) is 0 Å². The molecule has 0 fully saturated rings. The van der Waals surface area contributed by atoms with Crippen LogP contribution in [-0.2, 0) is 6.61 Å². The Hall–Kier alpha value is -1.94. The summed E-state index contributed by atoms with van der Waals surface area (Å²) in [5.41, 5.74) is 1.32. The molecule has 2 rings (SSSR count). The Labute approximate surface area is 123 Å². The van der Waals surface area contributed by atoms with Crippen LogP contribution in [0.1, 0.15) is 31.0 Å². The summed E-state index contributed by atoms with van der Waals surface area (Å²) in [5.74, 6) is -0.179. The van der Waals surface area contributed by atoms with Gasteiger partial charge in [0.25, 0.3) is 0 Å². The zero-order valence-electron chi connectivity index (χ0n) is 12.2. The Kier molecular flexibility index (Phi) is 5.28. The molecule has 4 heteroatoms. The van der Waals surface area contributed by atoms with Crippen LogP contribution in [0.3, 0.4) is 0 Å². The van der Waals surface area contributed by atoms with Crippen LogP contribution in [0.25, 0.3) is 0 Å². The number of benzene rings is 2. The Balaban J connectivity index is 2.03. The van der Waals surface area contributed by atoms with Gasteiger partial charge >= 0.3 is 0 Å². The zero-order valence-corrected chi connectivity index (χ0v) is 12.2. The lowest BCUT2D eigenvalue weighted by Crippen LogP contribution is -2.18. The fourth-order valence-electron chi connectivity index (χ4n) is 2.16. The molecule has 0 bridgehead atoms. The van der Waals surface area contributed by atoms with Crippen molar-refractivity contribution in [3.05, 3.63) is 65.2 Å². The van der Waals surface area contributed by atoms with Gasteiger partial charge in [-0.2, -0.15) is 0 Å². The molecule has 1 unspecified atom stereocenters. The maximum absolute atomic E-state index is 14.0. The highest BCUT2D eigenvalue weighted by molar-refractivity contribution is 5.31. The summed E-state index contributed by atoms with van der Waals surface area (Å²) in [6, 6.07) is 10.9. The SMILES string of the molecule is CCNC(C)c1ccc(OCc2cccc(F)c2)cc1F. The minimum Gasteiger partial charge on any atom is -0.489 e. The molecule has 0 aromatic heterocycles. The molecule has 0 heterocycles. The lowest BCUT2D eigenvalue weighted by atomic mass is 10.1. The molecule has 0 saturated heterocycles. The first-order chi connectivity index (χ1) is 10.1. The van der Waals surface area contributed by atoms with E-state index in [0.717, 1.165) is 6.54 Å². The second-order valence-electron chi connectivity index (χ2n) is 4.88. The molecule has 0 spiro atoms. The van der Waals surface area contributed by atoms with E-state index in [1.54, 1.807) is 24.3 Å². The molecule has 0 amide bonds. The van der Waals surface area contributed by atoms with Gasteiger partial charge in [0, 0.05) is 17.7 Å². The largest absolute Gasteiger partial charge is 0.489 e. The maximum Gasteiger partial charge on any atom is 0.131 e. The summed E-state index contributed by atoms with van der Waals surface area (Å²) in [5, 5.41) is 3.16. The zero-order chi connectivity index (χ0) is 15.2. The molecule has 0 saturated carbocycles. The average molecular weight is 291 g/mol. The second kappa shape index (κ2) is 7.18. The highest BCUT2D eigenvalue weighted by atomic mass is 19.1. The van der Waals surface area contributed by atoms with Crippen LogP contribution in [0.2, 0.25) is 0 Å². The van der Waals surface area contributed by atoms with Crippen molar-refractivity contribution in [1.29, 1.82) is 0 Å². The molecular weight excluding hydrogens is 272 g/mol. The van der Waals surface area contributed by atoms with E-state index in [1.807, 2.05) is 13.8 Å². The minimum absolute atomic E-state index is 0.0488. The molecule has 0 aliphatic rings. The van der Waals surface area contributed by atoms with Gasteiger partial charge in [-0.25, -0.2) is 8.78 Å². The molecule has 21 heavy (non-hydrogen) atoms. The third kappa shape index (κ3) is 4.26. The normalized spacial score (nSPS) is 12.2. The molecule has 112 valence electrons. The van der Waals surface area contributed by atoms with Gasteiger partial charge in [0.1, 0.15) is 24.0 Å². The Morgan fingerprint density at radius 2 is 1.95 bits per heavy atom. The van der Waals surface area contributed by atoms with E-state index in [4.69, 9.17) is 4.74 Å². The lowest BCUT2D eigenvalue weighted by molar-refractivity contribution is 0.303. The number of hydrogen-bond acceptors (Lipinski definition) is 2. The number of ether oxygens (including phenoxy) is 1. The first-order valence-corrected chi connectivity index (χ1v) is 7.00. The number of hydrogen-bond donors (Lipinski definition) is 1. The molecule has 1 atom stereocenters. The van der Waals surface area contributed by atoms with E-state index in [1.165, 1.54) is 18.2 Å². The van der Waals surface area contributed by atoms with E-state index in [0.29, 0.717) is 16.9 Å². The van der Waals surface area contributed by atoms with Gasteiger partial charge in [0.05, 0.1) is 0 Å². The Morgan fingerprint density at radius 3 is 2.62 bits per heavy atom. The topological polar surface area (TPSA) is 21.3 Å². The average Bonchev–Trinajstić information content (AvgIpc) is 2.45. The maximum atomic E-state index is 14.0. The summed E-state index contributed by atoms with van der Waals surface area (Å²) < 4.78 is 32.6. The van der Waals surface area contributed by atoms with Gasteiger partial charge in [0.2, 0.25) is 0 Å². The van der Waals surface area contributed by atoms with Gasteiger partial charge < -0.3 is 10.1 Å². The summed E-state index contributed by atoms with van der Waals surface area (Å²) in [7, 11) is 0. The molecule has 0 aliphatic heterocycles. The van der Waals surface area contributed by atoms with Crippen LogP contribution in [0.5, 0.6) is 5.75 Å². The summed E-state index contributed by atoms with van der Waals surface area (Å²) in [6.45, 7) is 4.87. The van der Waals surface area contributed by atoms with Crippen molar-refractivity contribution >= 4 is 0 Å². The molecule has 0 aliphatic carbocycles. The van der Waals surface area contributed by atoms with Crippen molar-refractivity contribution in [2.75, 3.05) is 6.54 Å². The summed E-state index contributed by atoms with van der Waals surface area (Å²) >= 11 is 0. The minimum atomic E-state index is -0.308. The molecular formula is C17H19F2NO. The fourth-order valence-corrected chi connectivity index (χ4v) is 2.16. The van der Waals surface area contributed by atoms with Gasteiger partial charge in [-0.1, -0.05) is 25.1 Å². The molecule has 2 aromatic carbocycles. The van der Waals surface area contributed by atoms with Crippen molar-refractivity contribution in [2.24, 2.45) is 0 Å². The van der Waals surface area contributed by atoms with Crippen molar-refractivity contribution in [1.82, 2.24) is 5.32 Å². The molecule has 1 N–H and O–H groups in total. The third-order valence-corrected chi connectivity index (χ3v) is 3.24. The quantitative estimate of drug-likeness (QED) is 0.860. The van der Waals surface area contributed by atoms with E-state index >= 15 is 0 Å². The van der Waals surface area contributed by atoms with Crippen molar-refractivity contribution < 1.29 is 13.5 Å². The van der Waals surface area contributed by atoms with E-state index in [-0.39, 0.29) is 24.3 Å². The van der Waals surface area contributed by atoms with Crippen LogP contribution in [0.4, 0.5) is 8.78 Å². The number of halogens is 2. The monoisotopic (exact) mass is 291 g/mol. The predicted octanol–water partition coefficient (Wildman–Crippen LogP) is 4.21. The first kappa shape index (κ1) is 15.4. The highest BCUT2D eigenvalue weighted by Gasteiger charge is 2.10. The standard InChI is InChI=1S/C17H19F2NO/c1-3-20-12(2)16-8-7-15(10-17(16)19)21-11-13-5-4-6-14(18)9-13/h4-10,12,20H,3,11H2,1-2H3. The van der Waals surface area contributed by atoms with Gasteiger partial charge in [0.15, 0.2) is 0 Å². The number of rotatable bonds is 6. The predicted molar refractivity (Wildman–Crippen MR) is 79.2 cm³/mol. The van der Waals surface area contributed by atoms with Crippen LogP contribution in [0, 0.1) is 11.6 Å². The van der Waals surface area contributed by atoms with Gasteiger partial charge in [-0.3, -0.25) is 0 Å². The molecule has 0 radical (unpaired) electrons. The van der Waals surface area contributed by atoms with Crippen LogP contribution >= 0.6 is 0 Å². The molecule has 2 aromatic rings. The first-order valence-electron chi connectivity index (χ1n) is 7.00. The van der Waals surface area contributed by atoms with Crippen LogP contribution < -0.4 is 10.1 Å². The van der Waals surface area contributed by atoms with Crippen molar-refractivity contribution in [3.8, 4) is 5.75 Å². The summed E-state index contributed by atoms with van der Waals surface area (Å²) in [6.07, 6.45) is 0. The van der Waals surface area contributed by atoms with E-state index < -0.39 is 0 Å². The van der Waals surface area contributed by atoms with Crippen LogP contribution in [0.15, 0.2) is 42.5 Å². The van der Waals surface area contributed by atoms with Crippen molar-refractivity contribution in [2.45, 2.75) is 26.5 Å². The van der Waals surface area contributed by atoms with E-state index in [2.05, 4.69) is 5.32 Å². The van der Waals surface area contributed by atoms with Crippen LogP contribution in [-0.4, -0.2) is 6.54 Å². The lowest BCUT2D eigenvalue weighted by Gasteiger charge is -2.14. The number of nitrogens with one attached hydrogen (secondary N) is 1.